The van der Waals surface area contributed by atoms with E-state index in [1.165, 1.54) is 0 Å². The second-order valence-corrected chi connectivity index (χ2v) is 54.5. The molecule has 7 aliphatic rings. The van der Waals surface area contributed by atoms with Crippen LogP contribution in [0.25, 0.3) is 21.5 Å². The van der Waals surface area contributed by atoms with Crippen molar-refractivity contribution in [3.63, 3.8) is 0 Å². The Hall–Kier alpha value is -7.19. The molecular weight excluding hydrogens is 1640 g/mol. The molecule has 7 aliphatic heterocycles. The Bertz CT molecular complexity index is 5490. The van der Waals surface area contributed by atoms with Crippen LogP contribution in [0.5, 0.6) is 0 Å². The van der Waals surface area contributed by atoms with Gasteiger partial charge in [-0.15, -0.1) is 5.06 Å². The molecule has 1 fully saturated rings. The molecule has 0 saturated carbocycles. The molecule has 5 N–H and O–H groups in total. The van der Waals surface area contributed by atoms with Gasteiger partial charge in [0.1, 0.15) is 0 Å². The van der Waals surface area contributed by atoms with Crippen LogP contribution in [-0.4, -0.2) is 269 Å². The van der Waals surface area contributed by atoms with Gasteiger partial charge in [0.25, 0.3) is 11.8 Å². The monoisotopic (exact) mass is 1740 g/mol. The Morgan fingerprint density at radius 1 is 0.426 bits per heavy atom. The number of benzene rings is 4. The number of hydrogen-bond acceptors (Lipinski definition) is 22. The Labute approximate surface area is 670 Å². The van der Waals surface area contributed by atoms with Gasteiger partial charge in [0.05, 0.1) is 13.0 Å². The molecule has 626 valence electrons. The quantitative estimate of drug-likeness (QED) is 0.00888. The van der Waals surface area contributed by atoms with Crippen LogP contribution in [-0.2, 0) is 87.5 Å². The van der Waals surface area contributed by atoms with Crippen LogP contribution >= 0.6 is 0 Å². The van der Waals surface area contributed by atoms with Crippen molar-refractivity contribution in [3.8, 4) is 0 Å². The molecule has 115 heavy (non-hydrogen) atoms. The third-order valence-corrected chi connectivity index (χ3v) is 43.8. The third kappa shape index (κ3) is 17.0. The average Bonchev–Trinajstić information content (AvgIpc) is 1.46. The molecule has 2 amide bonds. The summed E-state index contributed by atoms with van der Waals surface area (Å²) in [6.07, 6.45) is 2.20. The number of carbonyl (C=O) groups excluding carboxylic acids is 3. The van der Waals surface area contributed by atoms with Gasteiger partial charge in [0, 0.05) is 12.8 Å². The zero-order valence-electron chi connectivity index (χ0n) is 64.8. The first kappa shape index (κ1) is 85.7. The second kappa shape index (κ2) is 32.2. The number of unbranched alkanes of at least 4 members (excludes halogenated alkanes) is 5. The first-order chi connectivity index (χ1) is 54.2. The number of fused-ring (bicyclic) bond motifs is 12. The van der Waals surface area contributed by atoms with Crippen LogP contribution in [0, 0.1) is 0 Å². The van der Waals surface area contributed by atoms with E-state index in [1.807, 2.05) is 97.1 Å². The third-order valence-electron chi connectivity index (χ3n) is 23.1. The van der Waals surface area contributed by atoms with E-state index in [0.29, 0.717) is 141 Å². The van der Waals surface area contributed by atoms with Crippen LogP contribution in [0.3, 0.4) is 0 Å². The normalized spacial score (nSPS) is 17.8. The fourth-order valence-corrected chi connectivity index (χ4v) is 43.6. The van der Waals surface area contributed by atoms with Gasteiger partial charge in [-0.1, -0.05) is 0 Å². The number of aromatic nitrogens is 2. The Morgan fingerprint density at radius 3 is 1.13 bits per heavy atom. The minimum absolute atomic E-state index is 0.0261. The summed E-state index contributed by atoms with van der Waals surface area (Å²) >= 11 is 0. The summed E-state index contributed by atoms with van der Waals surface area (Å²) in [4.78, 5) is 65.2. The van der Waals surface area contributed by atoms with Crippen LogP contribution < -0.4 is 11.0 Å². The second-order valence-electron chi connectivity index (χ2n) is 32.4. The molecule has 1 saturated heterocycles. The number of ether oxygens (including phenoxy) is 2. The molecule has 34 nitrogen and oxygen atoms in total. The molecule has 0 atom stereocenters. The SMILES string of the molecule is C[Si](C)(CCC[N+](CCCCS(=O)(=O)O)(CCCCS(=O)(=O)O)CCCCS(=O)(=O)O)O[Si-2]123(O[Si](C)(C)CCC[N+](CCCCS(=O)(=O)O)(CCCCS(=O)(=O)O)CCOCCOCCC(=O)ON4C(=O)CCC4=O)n4c5c6ccccc6c4N=C4c6ccccc6C(=[N+]41)N=c1c4ccccc4c(n12)=NC1=[N+]3C(=N5)c2ccccc21. The molecule has 0 aliphatic carbocycles. The first-order valence-corrected chi connectivity index (χ1v) is 55.9. The Kier molecular flexibility index (Phi) is 24.0. The van der Waals surface area contributed by atoms with Gasteiger partial charge in [-0.2, -0.15) is 0 Å². The summed E-state index contributed by atoms with van der Waals surface area (Å²) < 4.78 is 213. The molecule has 4 aromatic carbocycles. The summed E-state index contributed by atoms with van der Waals surface area (Å²) in [6, 6.07) is 32.5. The van der Waals surface area contributed by atoms with Gasteiger partial charge < -0.3 is 4.84 Å². The Balaban J connectivity index is 0.964. The maximum atomic E-state index is 12.6. The van der Waals surface area contributed by atoms with Gasteiger partial charge >= 0.3 is 612 Å². The van der Waals surface area contributed by atoms with E-state index < -0.39 is 122 Å². The van der Waals surface area contributed by atoms with E-state index in [9.17, 15) is 87.5 Å². The van der Waals surface area contributed by atoms with Crippen molar-refractivity contribution in [2.75, 3.05) is 108 Å². The van der Waals surface area contributed by atoms with Gasteiger partial charge in [0.15, 0.2) is 0 Å². The summed E-state index contributed by atoms with van der Waals surface area (Å²) in [5.74, 6) is -1.83. The van der Waals surface area contributed by atoms with Crippen molar-refractivity contribution in [2.24, 2.45) is 20.0 Å². The van der Waals surface area contributed by atoms with Crippen molar-refractivity contribution in [2.45, 2.75) is 135 Å². The van der Waals surface area contributed by atoms with E-state index in [0.717, 1.165) is 43.8 Å². The topological polar surface area (TPSA) is 438 Å². The summed E-state index contributed by atoms with van der Waals surface area (Å²) in [7, 11) is -37.0. The zero-order chi connectivity index (χ0) is 82.5. The molecule has 1 spiro atoms. The number of hydrogen-bond donors (Lipinski definition) is 5. The van der Waals surface area contributed by atoms with E-state index >= 15 is 0 Å². The minimum atomic E-state index is -7.48. The number of hydroxylamine groups is 2. The predicted molar refractivity (Wildman–Crippen MR) is 434 cm³/mol. The number of amidine groups is 4. The molecule has 0 bridgehead atoms. The molecule has 2 aromatic heterocycles. The number of amides is 2. The predicted octanol–water partition coefficient (Wildman–Crippen LogP) is 6.55. The fraction of sp³-hybridized carbons (Fsp3) is 0.521. The number of carbonyl (C=O) groups is 3. The van der Waals surface area contributed by atoms with Gasteiger partial charge in [-0.3, -0.25) is 9.59 Å². The van der Waals surface area contributed by atoms with E-state index in [4.69, 9.17) is 34.3 Å². The zero-order valence-corrected chi connectivity index (χ0v) is 71.9. The number of quaternary nitrogens is 2. The van der Waals surface area contributed by atoms with Crippen LogP contribution in [0.1, 0.15) is 119 Å². The molecule has 42 heteroatoms. The molecule has 6 aromatic rings. The van der Waals surface area contributed by atoms with Crippen LogP contribution in [0.4, 0.5) is 11.6 Å². The summed E-state index contributed by atoms with van der Waals surface area (Å²) in [6.45, 7) is 11.4. The molecule has 9 heterocycles. The average molecular weight is 1750 g/mol. The summed E-state index contributed by atoms with van der Waals surface area (Å²) in [5, 5.41) is 3.37. The van der Waals surface area contributed by atoms with Crippen molar-refractivity contribution in [1.82, 2.24) is 13.5 Å². The van der Waals surface area contributed by atoms with Crippen molar-refractivity contribution < 1.29 is 119 Å². The summed E-state index contributed by atoms with van der Waals surface area (Å²) in [5.41, 5.74) is 3.86. The van der Waals surface area contributed by atoms with Gasteiger partial charge in [0.2, 0.25) is 0 Å². The number of imide groups is 1. The molecule has 13 rings (SSSR count). The molecule has 0 unspecified atom stereocenters. The maximum absolute atomic E-state index is 12.6. The standard InChI is InChI=1S/C73H99N11O23S5Si3/c1-113(2,53-23-41-83(36-13-18-48-108(88,89)90,37-14-19-49-109(91,92)93)38-15-20-50-110(94,95)96)106-115(107-114(3,4)54-24-42-84(39-16-21-51-111(97,98)99,40-17-22-52-112(100,101)102)43-45-104-47-46-103-44-35-65(87)105-78-63(85)33-34-64(78)86)79-66-55-25-5-6-26-56(55)67(79)75-69-59-29-9-10-30-60(59)71(81(69)115)77-73-62-32-12-11-31-61(62)72(82(73)115)76-70-58-28-8-7-27-57(58)68(74-66)80(70)115/h5-12,25-32H,13-24,33-54H2,1-4H3,(H3-2,88,89,90,91,92,93,94,95,96,97,98,99,100,101,102)/p+2. The van der Waals surface area contributed by atoms with Crippen LogP contribution in [0.2, 0.25) is 38.3 Å². The van der Waals surface area contributed by atoms with Crippen molar-refractivity contribution in [1.29, 1.82) is 0 Å². The van der Waals surface area contributed by atoms with Gasteiger partial charge in [-0.05, 0) is 0 Å². The van der Waals surface area contributed by atoms with Crippen molar-refractivity contribution in [3.05, 3.63) is 130 Å². The first-order valence-electron chi connectivity index (χ1n) is 39.0. The number of rotatable bonds is 47. The number of nitrogens with zero attached hydrogens (tertiary/aromatic N) is 11. The molecule has 0 radical (unpaired) electrons. The van der Waals surface area contributed by atoms with Gasteiger partial charge in [-0.25, -0.2) is 4.79 Å². The Morgan fingerprint density at radius 2 is 0.757 bits per heavy atom. The van der Waals surface area contributed by atoms with Crippen molar-refractivity contribution >= 4 is 149 Å². The van der Waals surface area contributed by atoms with E-state index in [-0.39, 0.29) is 106 Å². The number of aliphatic imine (C=N–C) groups is 2. The van der Waals surface area contributed by atoms with E-state index in [1.54, 1.807) is 0 Å². The molecular formula is C73H101N11O23S5Si3+2. The fourth-order valence-electron chi connectivity index (χ4n) is 18.5. The van der Waals surface area contributed by atoms with E-state index in [2.05, 4.69) is 43.1 Å². The van der Waals surface area contributed by atoms with Crippen LogP contribution in [0.15, 0.2) is 117 Å².